The molecule has 0 atom stereocenters. The molecule has 0 heterocycles. The molecule has 0 fully saturated rings. The van der Waals surface area contributed by atoms with E-state index in [4.69, 9.17) is 0 Å². The van der Waals surface area contributed by atoms with Gasteiger partial charge in [-0.15, -0.1) is 0 Å². The third kappa shape index (κ3) is 7.92. The summed E-state index contributed by atoms with van der Waals surface area (Å²) in [5, 5.41) is 10.1. The van der Waals surface area contributed by atoms with Crippen molar-refractivity contribution in [1.82, 2.24) is 0 Å². The van der Waals surface area contributed by atoms with Gasteiger partial charge in [0.05, 0.1) is 5.97 Å². The van der Waals surface area contributed by atoms with Gasteiger partial charge in [-0.2, -0.15) is 0 Å². The Morgan fingerprint density at radius 3 is 1.06 bits per heavy atom. The maximum Gasteiger partial charge on any atom is 0.103 e. The van der Waals surface area contributed by atoms with Crippen molar-refractivity contribution in [2.24, 2.45) is 0 Å². The zero-order valence-corrected chi connectivity index (χ0v) is 17.5. The summed E-state index contributed by atoms with van der Waals surface area (Å²) in [7, 11) is 0. The quantitative estimate of drug-likeness (QED) is 0.508. The Hall–Kier alpha value is -3.69. The molecule has 0 amide bonds. The smallest absolute Gasteiger partial charge is 0.103 e. The third-order valence-electron chi connectivity index (χ3n) is 4.90. The van der Waals surface area contributed by atoms with Crippen LogP contribution in [0.1, 0.15) is 27.0 Å². The van der Waals surface area contributed by atoms with Gasteiger partial charge in [0.25, 0.3) is 0 Å². The maximum absolute atomic E-state index is 10.1. The molecule has 3 nitrogen and oxygen atoms in total. The van der Waals surface area contributed by atoms with E-state index >= 15 is 0 Å². The van der Waals surface area contributed by atoms with Crippen LogP contribution in [0.25, 0.3) is 0 Å². The molecule has 3 heteroatoms. The molecule has 4 aromatic carbocycles. The number of nitrogens with one attached hydrogen (secondary N) is 1. The van der Waals surface area contributed by atoms with Gasteiger partial charge in [-0.3, -0.25) is 0 Å². The van der Waals surface area contributed by atoms with E-state index in [1.54, 1.807) is 23.1 Å². The average molecular weight is 410 g/mol. The molecule has 0 aliphatic carbocycles. The highest BCUT2D eigenvalue weighted by Crippen LogP contribution is 2.01. The van der Waals surface area contributed by atoms with E-state index in [9.17, 15) is 9.90 Å². The van der Waals surface area contributed by atoms with Gasteiger partial charge in [0.15, 0.2) is 0 Å². The Morgan fingerprint density at radius 2 is 0.806 bits per heavy atom. The summed E-state index contributed by atoms with van der Waals surface area (Å²) in [5.74, 6) is -1.13. The van der Waals surface area contributed by atoms with Gasteiger partial charge in [0, 0.05) is 16.7 Å². The van der Waals surface area contributed by atoms with Crippen molar-refractivity contribution >= 4 is 5.97 Å². The lowest BCUT2D eigenvalue weighted by atomic mass is 10.1. The average Bonchev–Trinajstić information content (AvgIpc) is 2.82. The first-order valence-corrected chi connectivity index (χ1v) is 10.4. The Morgan fingerprint density at radius 1 is 0.516 bits per heavy atom. The molecule has 0 aromatic heterocycles. The number of carbonyl (C=O) groups excluding carboxylic acids is 1. The second-order valence-electron chi connectivity index (χ2n) is 7.39. The van der Waals surface area contributed by atoms with Gasteiger partial charge in [-0.05, 0) is 5.56 Å². The molecule has 156 valence electrons. The predicted octanol–water partition coefficient (Wildman–Crippen LogP) is 3.52. The fraction of sp³-hybridized carbons (Fsp3) is 0.107. The summed E-state index contributed by atoms with van der Waals surface area (Å²) in [6.07, 6.45) is 0. The van der Waals surface area contributed by atoms with Gasteiger partial charge in [-0.25, -0.2) is 0 Å². The van der Waals surface area contributed by atoms with Gasteiger partial charge >= 0.3 is 0 Å². The van der Waals surface area contributed by atoms with Crippen LogP contribution < -0.4 is 10.0 Å². The third-order valence-corrected chi connectivity index (χ3v) is 4.90. The molecule has 1 N–H and O–H groups in total. The number of hydrogen-bond acceptors (Lipinski definition) is 2. The van der Waals surface area contributed by atoms with Crippen LogP contribution in [0.2, 0.25) is 0 Å². The first kappa shape index (κ1) is 22.0. The number of rotatable bonds is 7. The van der Waals surface area contributed by atoms with Crippen LogP contribution >= 0.6 is 0 Å². The Labute approximate surface area is 184 Å². The van der Waals surface area contributed by atoms with Crippen molar-refractivity contribution in [2.75, 3.05) is 0 Å². The van der Waals surface area contributed by atoms with Crippen molar-refractivity contribution in [3.63, 3.8) is 0 Å². The van der Waals surface area contributed by atoms with E-state index in [0.717, 1.165) is 19.6 Å². The summed E-state index contributed by atoms with van der Waals surface area (Å²) in [4.78, 5) is 11.6. The Balaban J connectivity index is 0.000000254. The van der Waals surface area contributed by atoms with Gasteiger partial charge in [0.1, 0.15) is 19.6 Å². The van der Waals surface area contributed by atoms with Crippen molar-refractivity contribution < 1.29 is 14.8 Å². The van der Waals surface area contributed by atoms with Crippen molar-refractivity contribution in [3.8, 4) is 0 Å². The molecule has 0 unspecified atom stereocenters. The molecule has 31 heavy (non-hydrogen) atoms. The number of hydrogen-bond donors (Lipinski definition) is 1. The maximum atomic E-state index is 10.1. The minimum Gasteiger partial charge on any atom is -0.545 e. The Bertz CT molecular complexity index is 921. The van der Waals surface area contributed by atoms with Gasteiger partial charge in [0.2, 0.25) is 0 Å². The number of carboxylic acid groups (broad SMARTS) is 1. The lowest BCUT2D eigenvalue weighted by molar-refractivity contribution is -0.941. The molecule has 0 aliphatic heterocycles. The molecule has 0 bridgehead atoms. The first-order valence-electron chi connectivity index (χ1n) is 10.4. The highest BCUT2D eigenvalue weighted by Gasteiger charge is 2.11. The van der Waals surface area contributed by atoms with Gasteiger partial charge < -0.3 is 14.8 Å². The topological polar surface area (TPSA) is 44.6 Å². The fourth-order valence-corrected chi connectivity index (χ4v) is 3.42. The second-order valence-corrected chi connectivity index (χ2v) is 7.39. The van der Waals surface area contributed by atoms with Crippen LogP contribution in [0.3, 0.4) is 0 Å². The SMILES string of the molecule is O=C([O-])c1ccccc1.c1ccc(C[NH+](Cc2ccccc2)Cc2ccccc2)cc1. The normalized spacial score (nSPS) is 10.2. The predicted molar refractivity (Wildman–Crippen MR) is 122 cm³/mol. The van der Waals surface area contributed by atoms with Crippen molar-refractivity contribution in [1.29, 1.82) is 0 Å². The lowest BCUT2D eigenvalue weighted by Gasteiger charge is -2.20. The van der Waals surface area contributed by atoms with Crippen molar-refractivity contribution in [2.45, 2.75) is 19.6 Å². The molecule has 4 aromatic rings. The number of quaternary nitrogens is 1. The summed E-state index contributed by atoms with van der Waals surface area (Å²) in [6, 6.07) is 40.4. The van der Waals surface area contributed by atoms with E-state index in [2.05, 4.69) is 91.0 Å². The lowest BCUT2D eigenvalue weighted by Crippen LogP contribution is -3.08. The molecule has 0 radical (unpaired) electrons. The number of carboxylic acids is 1. The summed E-state index contributed by atoms with van der Waals surface area (Å²) >= 11 is 0. The van der Waals surface area contributed by atoms with E-state index in [-0.39, 0.29) is 5.56 Å². The van der Waals surface area contributed by atoms with E-state index < -0.39 is 5.97 Å². The molecule has 0 saturated carbocycles. The first-order chi connectivity index (χ1) is 15.2. The molecular formula is C28H27NO2. The van der Waals surface area contributed by atoms with E-state index in [0.29, 0.717) is 0 Å². The van der Waals surface area contributed by atoms with Crippen molar-refractivity contribution in [3.05, 3.63) is 144 Å². The second kappa shape index (κ2) is 12.1. The largest absolute Gasteiger partial charge is 0.545 e. The fourth-order valence-electron chi connectivity index (χ4n) is 3.42. The standard InChI is InChI=1S/C21H21N.C7H6O2/c1-4-10-19(11-5-1)16-22(17-20-12-6-2-7-13-20)18-21-14-8-3-9-15-21;8-7(9)6-4-2-1-3-5-6/h1-15H,16-18H2;1-5H,(H,8,9). The Kier molecular flexibility index (Phi) is 8.59. The highest BCUT2D eigenvalue weighted by molar-refractivity contribution is 5.85. The van der Waals surface area contributed by atoms with Gasteiger partial charge in [-0.1, -0.05) is 121 Å². The molecular weight excluding hydrogens is 382 g/mol. The zero-order chi connectivity index (χ0) is 21.7. The summed E-state index contributed by atoms with van der Waals surface area (Å²) < 4.78 is 0. The summed E-state index contributed by atoms with van der Waals surface area (Å²) in [6.45, 7) is 3.14. The van der Waals surface area contributed by atoms with Crippen LogP contribution in [-0.4, -0.2) is 5.97 Å². The molecule has 0 saturated heterocycles. The van der Waals surface area contributed by atoms with E-state index in [1.807, 2.05) is 0 Å². The highest BCUT2D eigenvalue weighted by atomic mass is 16.4. The number of carbonyl (C=O) groups is 1. The number of aromatic carboxylic acids is 1. The monoisotopic (exact) mass is 409 g/mol. The van der Waals surface area contributed by atoms with Crippen LogP contribution in [-0.2, 0) is 19.6 Å². The van der Waals surface area contributed by atoms with Crippen LogP contribution in [0.5, 0.6) is 0 Å². The number of benzene rings is 4. The molecule has 4 rings (SSSR count). The minimum atomic E-state index is -1.13. The molecule has 0 aliphatic rings. The summed E-state index contributed by atoms with van der Waals surface area (Å²) in [5.41, 5.74) is 4.40. The molecule has 0 spiro atoms. The van der Waals surface area contributed by atoms with Crippen LogP contribution in [0, 0.1) is 0 Å². The minimum absolute atomic E-state index is 0.220. The zero-order valence-electron chi connectivity index (χ0n) is 17.5. The van der Waals surface area contributed by atoms with Crippen LogP contribution in [0.15, 0.2) is 121 Å². The van der Waals surface area contributed by atoms with Crippen LogP contribution in [0.4, 0.5) is 0 Å². The van der Waals surface area contributed by atoms with E-state index in [1.165, 1.54) is 28.8 Å².